The number of likely N-dealkylation sites (tertiary alicyclic amines) is 1. The number of rotatable bonds is 6. The van der Waals surface area contributed by atoms with E-state index in [2.05, 4.69) is 23.9 Å². The minimum atomic E-state index is 0.0504. The molecule has 0 radical (unpaired) electrons. The number of hydrogen-bond acceptors (Lipinski definition) is 4. The number of carbonyl (C=O) groups excluding carboxylic acids is 1. The van der Waals surface area contributed by atoms with Crippen LogP contribution < -0.4 is 4.74 Å². The zero-order valence-corrected chi connectivity index (χ0v) is 12.6. The minimum Gasteiger partial charge on any atom is -0.491 e. The van der Waals surface area contributed by atoms with E-state index in [1.165, 1.54) is 6.42 Å². The van der Waals surface area contributed by atoms with Gasteiger partial charge in [-0.25, -0.2) is 0 Å². The van der Waals surface area contributed by atoms with E-state index in [9.17, 15) is 4.79 Å². The first-order chi connectivity index (χ1) is 9.58. The molecular formula is C16H24N2O2. The normalized spacial score (nSPS) is 19.5. The van der Waals surface area contributed by atoms with Gasteiger partial charge in [0, 0.05) is 19.1 Å². The molecule has 0 aromatic heterocycles. The van der Waals surface area contributed by atoms with Crippen LogP contribution in [0.1, 0.15) is 23.7 Å². The molecule has 4 heteroatoms. The van der Waals surface area contributed by atoms with Gasteiger partial charge in [0.05, 0.1) is 5.56 Å². The van der Waals surface area contributed by atoms with Crippen molar-refractivity contribution in [3.8, 4) is 5.75 Å². The lowest BCUT2D eigenvalue weighted by Gasteiger charge is -2.20. The Kier molecular flexibility index (Phi) is 5.15. The summed E-state index contributed by atoms with van der Waals surface area (Å²) in [6.45, 7) is 5.34. The first-order valence-corrected chi connectivity index (χ1v) is 7.19. The Morgan fingerprint density at radius 3 is 2.80 bits per heavy atom. The molecule has 0 spiro atoms. The fraction of sp³-hybridized carbons (Fsp3) is 0.562. The molecule has 110 valence electrons. The zero-order chi connectivity index (χ0) is 14.5. The molecule has 0 aliphatic carbocycles. The molecule has 20 heavy (non-hydrogen) atoms. The summed E-state index contributed by atoms with van der Waals surface area (Å²) in [5.41, 5.74) is 0.667. The third kappa shape index (κ3) is 3.81. The molecule has 1 saturated heterocycles. The number of ketones is 1. The lowest BCUT2D eigenvalue weighted by atomic mass is 10.1. The van der Waals surface area contributed by atoms with E-state index in [0.29, 0.717) is 24.0 Å². The van der Waals surface area contributed by atoms with E-state index in [4.69, 9.17) is 4.74 Å². The van der Waals surface area contributed by atoms with Crippen molar-refractivity contribution in [2.24, 2.45) is 0 Å². The number of para-hydroxylation sites is 1. The molecule has 1 fully saturated rings. The Morgan fingerprint density at radius 2 is 2.15 bits per heavy atom. The molecule has 1 heterocycles. The second-order valence-corrected chi connectivity index (χ2v) is 5.61. The van der Waals surface area contributed by atoms with E-state index < -0.39 is 0 Å². The smallest absolute Gasteiger partial charge is 0.163 e. The zero-order valence-electron chi connectivity index (χ0n) is 12.6. The van der Waals surface area contributed by atoms with Crippen LogP contribution in [0.15, 0.2) is 24.3 Å². The summed E-state index contributed by atoms with van der Waals surface area (Å²) in [5.74, 6) is 0.748. The average Bonchev–Trinajstić information content (AvgIpc) is 2.88. The van der Waals surface area contributed by atoms with Gasteiger partial charge in [-0.3, -0.25) is 9.69 Å². The Labute approximate surface area is 121 Å². The van der Waals surface area contributed by atoms with Crippen molar-refractivity contribution in [1.82, 2.24) is 9.80 Å². The fourth-order valence-electron chi connectivity index (χ4n) is 2.60. The minimum absolute atomic E-state index is 0.0504. The molecule has 1 aliphatic heterocycles. The third-order valence-corrected chi connectivity index (χ3v) is 3.91. The molecule has 1 aromatic carbocycles. The van der Waals surface area contributed by atoms with E-state index in [1.54, 1.807) is 6.92 Å². The van der Waals surface area contributed by atoms with E-state index in [1.807, 2.05) is 24.3 Å². The Morgan fingerprint density at radius 1 is 1.40 bits per heavy atom. The average molecular weight is 276 g/mol. The van der Waals surface area contributed by atoms with Gasteiger partial charge in [0.1, 0.15) is 12.4 Å². The number of benzene rings is 1. The van der Waals surface area contributed by atoms with Gasteiger partial charge in [-0.1, -0.05) is 12.1 Å². The maximum atomic E-state index is 11.5. The predicted molar refractivity (Wildman–Crippen MR) is 80.5 cm³/mol. The maximum absolute atomic E-state index is 11.5. The van der Waals surface area contributed by atoms with Crippen LogP contribution in [0.3, 0.4) is 0 Å². The highest BCUT2D eigenvalue weighted by Gasteiger charge is 2.23. The highest BCUT2D eigenvalue weighted by molar-refractivity contribution is 5.96. The van der Waals surface area contributed by atoms with Crippen molar-refractivity contribution < 1.29 is 9.53 Å². The van der Waals surface area contributed by atoms with Crippen LogP contribution in [0.2, 0.25) is 0 Å². The largest absolute Gasteiger partial charge is 0.491 e. The van der Waals surface area contributed by atoms with E-state index >= 15 is 0 Å². The summed E-state index contributed by atoms with van der Waals surface area (Å²) < 4.78 is 5.78. The number of hydrogen-bond donors (Lipinski definition) is 0. The van der Waals surface area contributed by atoms with Gasteiger partial charge in [0.15, 0.2) is 5.78 Å². The molecule has 1 aromatic rings. The first kappa shape index (κ1) is 15.0. The van der Waals surface area contributed by atoms with Crippen molar-refractivity contribution in [3.05, 3.63) is 29.8 Å². The van der Waals surface area contributed by atoms with Crippen LogP contribution in [0.5, 0.6) is 5.75 Å². The molecule has 1 atom stereocenters. The number of likely N-dealkylation sites (N-methyl/N-ethyl adjacent to an activating group) is 1. The summed E-state index contributed by atoms with van der Waals surface area (Å²) in [5, 5.41) is 0. The molecule has 0 bridgehead atoms. The van der Waals surface area contributed by atoms with Crippen LogP contribution in [-0.4, -0.2) is 62.0 Å². The highest BCUT2D eigenvalue weighted by atomic mass is 16.5. The monoisotopic (exact) mass is 276 g/mol. The molecule has 2 rings (SSSR count). The number of nitrogens with zero attached hydrogens (tertiary/aromatic N) is 2. The summed E-state index contributed by atoms with van der Waals surface area (Å²) >= 11 is 0. The molecule has 0 N–H and O–H groups in total. The van der Waals surface area contributed by atoms with Gasteiger partial charge < -0.3 is 9.64 Å². The Bertz CT molecular complexity index is 460. The van der Waals surface area contributed by atoms with Gasteiger partial charge in [-0.2, -0.15) is 0 Å². The van der Waals surface area contributed by atoms with Crippen LogP contribution in [0.25, 0.3) is 0 Å². The van der Waals surface area contributed by atoms with Crippen molar-refractivity contribution in [2.45, 2.75) is 19.4 Å². The van der Waals surface area contributed by atoms with Gasteiger partial charge in [-0.15, -0.1) is 0 Å². The lowest BCUT2D eigenvalue weighted by molar-refractivity contribution is 0.101. The molecule has 0 saturated carbocycles. The first-order valence-electron chi connectivity index (χ1n) is 7.19. The fourth-order valence-corrected chi connectivity index (χ4v) is 2.60. The van der Waals surface area contributed by atoms with Crippen LogP contribution in [-0.2, 0) is 0 Å². The lowest BCUT2D eigenvalue weighted by Crippen LogP contribution is -2.33. The van der Waals surface area contributed by atoms with E-state index in [-0.39, 0.29) is 5.78 Å². The maximum Gasteiger partial charge on any atom is 0.163 e. The second-order valence-electron chi connectivity index (χ2n) is 5.61. The van der Waals surface area contributed by atoms with Gasteiger partial charge >= 0.3 is 0 Å². The standard InChI is InChI=1S/C16H24N2O2/c1-13(19)15-6-4-5-7-16(15)20-11-10-18-9-8-14(12-18)17(2)3/h4-7,14H,8-12H2,1-3H3. The van der Waals surface area contributed by atoms with Gasteiger partial charge in [0.25, 0.3) is 0 Å². The Hall–Kier alpha value is -1.39. The quantitative estimate of drug-likeness (QED) is 0.743. The van der Waals surface area contributed by atoms with Crippen molar-refractivity contribution in [1.29, 1.82) is 0 Å². The Balaban J connectivity index is 1.81. The number of ether oxygens (including phenoxy) is 1. The van der Waals surface area contributed by atoms with E-state index in [0.717, 1.165) is 19.6 Å². The summed E-state index contributed by atoms with van der Waals surface area (Å²) in [4.78, 5) is 16.2. The molecular weight excluding hydrogens is 252 g/mol. The SMILES string of the molecule is CC(=O)c1ccccc1OCCN1CCC(N(C)C)C1. The summed E-state index contributed by atoms with van der Waals surface area (Å²) in [6, 6.07) is 8.10. The second kappa shape index (κ2) is 6.86. The summed E-state index contributed by atoms with van der Waals surface area (Å²) in [6.07, 6.45) is 1.22. The van der Waals surface area contributed by atoms with Crippen molar-refractivity contribution in [2.75, 3.05) is 40.3 Å². The molecule has 4 nitrogen and oxygen atoms in total. The van der Waals surface area contributed by atoms with Gasteiger partial charge in [-0.05, 0) is 46.1 Å². The number of carbonyl (C=O) groups is 1. The number of Topliss-reactive ketones (excluding diaryl/α,β-unsaturated/α-hetero) is 1. The third-order valence-electron chi connectivity index (χ3n) is 3.91. The topological polar surface area (TPSA) is 32.8 Å². The molecule has 1 unspecified atom stereocenters. The van der Waals surface area contributed by atoms with Crippen molar-refractivity contribution in [3.63, 3.8) is 0 Å². The van der Waals surface area contributed by atoms with Gasteiger partial charge in [0.2, 0.25) is 0 Å². The predicted octanol–water partition coefficient (Wildman–Crippen LogP) is 1.90. The molecule has 0 amide bonds. The molecule has 1 aliphatic rings. The highest BCUT2D eigenvalue weighted by Crippen LogP contribution is 2.19. The van der Waals surface area contributed by atoms with Crippen molar-refractivity contribution >= 4 is 5.78 Å². The van der Waals surface area contributed by atoms with Crippen LogP contribution in [0, 0.1) is 0 Å². The summed E-state index contributed by atoms with van der Waals surface area (Å²) in [7, 11) is 4.27. The van der Waals surface area contributed by atoms with Crippen LogP contribution >= 0.6 is 0 Å². The van der Waals surface area contributed by atoms with Crippen LogP contribution in [0.4, 0.5) is 0 Å².